The van der Waals surface area contributed by atoms with E-state index in [0.717, 1.165) is 26.8 Å². The maximum atomic E-state index is 15.9. The number of nitrogens with zero attached hydrogens (tertiary/aromatic N) is 3. The van der Waals surface area contributed by atoms with E-state index in [4.69, 9.17) is 16.4 Å². The fraction of sp³-hybridized carbons (Fsp3) is 0.207. The van der Waals surface area contributed by atoms with Crippen molar-refractivity contribution in [2.45, 2.75) is 30.8 Å². The number of hydrogen-bond acceptors (Lipinski definition) is 7. The molecular weight excluding hydrogens is 715 g/mol. The molecule has 43 heavy (non-hydrogen) atoms. The largest absolute Gasteiger partial charge is 0.351 e. The van der Waals surface area contributed by atoms with E-state index in [0.29, 0.717) is 11.1 Å². The molecule has 1 saturated carbocycles. The third-order valence-electron chi connectivity index (χ3n) is 6.57. The minimum atomic E-state index is -4.75. The van der Waals surface area contributed by atoms with Crippen molar-refractivity contribution in [2.75, 3.05) is 11.9 Å². The first-order valence-corrected chi connectivity index (χ1v) is 16.0. The van der Waals surface area contributed by atoms with Gasteiger partial charge in [0.15, 0.2) is 11.6 Å². The van der Waals surface area contributed by atoms with Gasteiger partial charge in [0, 0.05) is 41.4 Å². The van der Waals surface area contributed by atoms with Gasteiger partial charge in [-0.05, 0) is 88.9 Å². The average molecular weight is 740 g/mol. The summed E-state index contributed by atoms with van der Waals surface area (Å²) in [7, 11) is -4.75. The first-order valence-electron chi connectivity index (χ1n) is 13.1. The van der Waals surface area contributed by atoms with E-state index in [1.165, 1.54) is 30.9 Å². The van der Waals surface area contributed by atoms with Crippen molar-refractivity contribution < 1.29 is 26.8 Å². The molecule has 2 aromatic carbocycles. The van der Waals surface area contributed by atoms with Crippen LogP contribution in [0, 0.1) is 21.1 Å². The van der Waals surface area contributed by atoms with Crippen molar-refractivity contribution >= 4 is 61.5 Å². The van der Waals surface area contributed by atoms with Crippen LogP contribution in [-0.4, -0.2) is 35.2 Å². The minimum absolute atomic E-state index is 0.179. The summed E-state index contributed by atoms with van der Waals surface area (Å²) in [5.41, 5.74) is 2.33. The predicted octanol–water partition coefficient (Wildman–Crippen LogP) is 6.22. The number of rotatable bonds is 12. The molecule has 2 N–H and O–H groups in total. The Morgan fingerprint density at radius 1 is 1.02 bits per heavy atom. The number of sulfonamides is 1. The lowest BCUT2D eigenvalue weighted by Gasteiger charge is -2.24. The molecule has 9 nitrogen and oxygen atoms in total. The molecule has 1 amide bonds. The topological polar surface area (TPSA) is 114 Å². The van der Waals surface area contributed by atoms with Crippen molar-refractivity contribution in [2.24, 2.45) is 5.92 Å². The third kappa shape index (κ3) is 7.65. The second kappa shape index (κ2) is 13.6. The van der Waals surface area contributed by atoms with Crippen molar-refractivity contribution in [1.29, 1.82) is 0 Å². The Morgan fingerprint density at radius 2 is 1.67 bits per heavy atom. The molecule has 1 aliphatic carbocycles. The molecule has 224 valence electrons. The first-order chi connectivity index (χ1) is 20.6. The minimum Gasteiger partial charge on any atom is -0.351 e. The van der Waals surface area contributed by atoms with Crippen molar-refractivity contribution in [3.63, 3.8) is 0 Å². The summed E-state index contributed by atoms with van der Waals surface area (Å²) in [5, 5.41) is 2.85. The first kappa shape index (κ1) is 31.2. The van der Waals surface area contributed by atoms with E-state index in [9.17, 15) is 13.2 Å². The number of aromatic nitrogens is 2. The second-order valence-electron chi connectivity index (χ2n) is 9.86. The number of anilines is 2. The highest BCUT2D eigenvalue weighted by Crippen LogP contribution is 2.35. The highest BCUT2D eigenvalue weighted by Gasteiger charge is 2.34. The van der Waals surface area contributed by atoms with Crippen LogP contribution in [0.4, 0.5) is 20.2 Å². The number of halogens is 4. The number of amides is 1. The summed E-state index contributed by atoms with van der Waals surface area (Å²) in [4.78, 5) is 25.6. The van der Waals surface area contributed by atoms with Gasteiger partial charge in [-0.1, -0.05) is 23.7 Å². The maximum Gasteiger partial charge on any atom is 0.277 e. The molecule has 0 atom stereocenters. The average Bonchev–Trinajstić information content (AvgIpc) is 3.82. The number of benzene rings is 2. The summed E-state index contributed by atoms with van der Waals surface area (Å²) in [5.74, 6) is -3.92. The fourth-order valence-electron chi connectivity index (χ4n) is 4.14. The second-order valence-corrected chi connectivity index (χ2v) is 13.4. The van der Waals surface area contributed by atoms with Crippen LogP contribution >= 0.6 is 34.2 Å². The molecule has 0 spiro atoms. The molecule has 0 radical (unpaired) electrons. The van der Waals surface area contributed by atoms with Crippen LogP contribution in [0.2, 0.25) is 5.02 Å². The van der Waals surface area contributed by atoms with Crippen LogP contribution in [0.1, 0.15) is 34.3 Å². The van der Waals surface area contributed by atoms with Crippen molar-refractivity contribution in [3.8, 4) is 0 Å². The van der Waals surface area contributed by atoms with E-state index in [1.54, 1.807) is 36.4 Å². The van der Waals surface area contributed by atoms with Crippen LogP contribution in [0.3, 0.4) is 0 Å². The highest BCUT2D eigenvalue weighted by molar-refractivity contribution is 14.1. The Hall–Kier alpha value is -3.24. The van der Waals surface area contributed by atoms with Gasteiger partial charge in [0.25, 0.3) is 5.91 Å². The summed E-state index contributed by atoms with van der Waals surface area (Å²) in [6.07, 6.45) is 7.89. The molecule has 0 unspecified atom stereocenters. The molecule has 2 aromatic heterocycles. The van der Waals surface area contributed by atoms with Gasteiger partial charge < -0.3 is 5.32 Å². The zero-order valence-electron chi connectivity index (χ0n) is 22.4. The Kier molecular flexibility index (Phi) is 9.86. The SMILES string of the molecule is O=C(NOCC1CC1)c1cc(S(=O)(=O)N(Cc2cccnc2)Cc2cccnc2)c(F)c(F)c1Nc1ccc(I)cc1Cl. The van der Waals surface area contributed by atoms with Gasteiger partial charge in [-0.25, -0.2) is 22.7 Å². The van der Waals surface area contributed by atoms with Gasteiger partial charge in [0.1, 0.15) is 4.90 Å². The van der Waals surface area contributed by atoms with Crippen LogP contribution in [0.5, 0.6) is 0 Å². The lowest BCUT2D eigenvalue weighted by atomic mass is 10.1. The number of nitrogens with one attached hydrogen (secondary N) is 2. The van der Waals surface area contributed by atoms with Crippen LogP contribution in [0.15, 0.2) is 78.2 Å². The highest BCUT2D eigenvalue weighted by atomic mass is 127. The maximum absolute atomic E-state index is 15.9. The van der Waals surface area contributed by atoms with E-state index < -0.39 is 43.7 Å². The smallest absolute Gasteiger partial charge is 0.277 e. The van der Waals surface area contributed by atoms with E-state index in [1.807, 2.05) is 22.6 Å². The van der Waals surface area contributed by atoms with E-state index >= 15 is 8.78 Å². The summed E-state index contributed by atoms with van der Waals surface area (Å²) in [6.45, 7) is -0.191. The molecule has 14 heteroatoms. The predicted molar refractivity (Wildman–Crippen MR) is 165 cm³/mol. The monoisotopic (exact) mass is 739 g/mol. The molecule has 0 aliphatic heterocycles. The number of hydroxylamine groups is 1. The van der Waals surface area contributed by atoms with E-state index in [-0.39, 0.29) is 36.3 Å². The van der Waals surface area contributed by atoms with Crippen LogP contribution in [-0.2, 0) is 28.0 Å². The molecule has 0 saturated heterocycles. The van der Waals surface area contributed by atoms with Crippen molar-refractivity contribution in [3.05, 3.63) is 110 Å². The molecule has 4 aromatic rings. The lowest BCUT2D eigenvalue weighted by Crippen LogP contribution is -2.32. The molecule has 5 rings (SSSR count). The number of pyridine rings is 2. The molecular formula is C29H25ClF2IN5O4S. The van der Waals surface area contributed by atoms with Gasteiger partial charge in [-0.3, -0.25) is 19.6 Å². The summed E-state index contributed by atoms with van der Waals surface area (Å²) < 4.78 is 61.5. The Morgan fingerprint density at radius 3 is 2.23 bits per heavy atom. The Bertz CT molecular complexity index is 1690. The normalized spacial score (nSPS) is 13.2. The standard InChI is InChI=1S/C29H25ClF2IN5O4S/c30-23-11-21(33)7-8-24(23)36-28-22(29(39)37-42-17-18-5-6-18)12-25(26(31)27(28)32)43(40,41)38(15-19-3-1-9-34-13-19)16-20-4-2-10-35-14-20/h1-4,7-14,18,36H,5-6,15-17H2,(H,37,39). The molecule has 1 fully saturated rings. The number of hydrogen-bond donors (Lipinski definition) is 2. The number of carbonyl (C=O) groups excluding carboxylic acids is 1. The van der Waals surface area contributed by atoms with E-state index in [2.05, 4.69) is 20.8 Å². The summed E-state index contributed by atoms with van der Waals surface area (Å²) >= 11 is 8.34. The molecule has 0 bridgehead atoms. The van der Waals surface area contributed by atoms with Gasteiger partial charge in [0.2, 0.25) is 10.0 Å². The van der Waals surface area contributed by atoms with Gasteiger partial charge >= 0.3 is 0 Å². The van der Waals surface area contributed by atoms with Crippen LogP contribution < -0.4 is 10.8 Å². The lowest BCUT2D eigenvalue weighted by molar-refractivity contribution is 0.0270. The molecule has 1 aliphatic rings. The third-order valence-corrected chi connectivity index (χ3v) is 9.35. The van der Waals surface area contributed by atoms with Crippen molar-refractivity contribution in [1.82, 2.24) is 19.8 Å². The Balaban J connectivity index is 1.58. The zero-order chi connectivity index (χ0) is 30.6. The molecule has 2 heterocycles. The quantitative estimate of drug-likeness (QED) is 0.131. The zero-order valence-corrected chi connectivity index (χ0v) is 26.2. The fourth-order valence-corrected chi connectivity index (χ4v) is 6.54. The van der Waals surface area contributed by atoms with Gasteiger partial charge in [-0.15, -0.1) is 0 Å². The Labute approximate surface area is 265 Å². The number of carbonyl (C=O) groups is 1. The van der Waals surface area contributed by atoms with Gasteiger partial charge in [-0.2, -0.15) is 4.31 Å². The van der Waals surface area contributed by atoms with Gasteiger partial charge in [0.05, 0.1) is 28.6 Å². The van der Waals surface area contributed by atoms with Crippen LogP contribution in [0.25, 0.3) is 0 Å². The summed E-state index contributed by atoms with van der Waals surface area (Å²) in [6, 6.07) is 12.2.